The van der Waals surface area contributed by atoms with Crippen LogP contribution in [0.3, 0.4) is 0 Å². The van der Waals surface area contributed by atoms with Gasteiger partial charge in [0, 0.05) is 30.0 Å². The Balaban J connectivity index is 2.35. The molecule has 1 unspecified atom stereocenters. The first-order chi connectivity index (χ1) is 7.13. The van der Waals surface area contributed by atoms with Crippen molar-refractivity contribution in [2.75, 3.05) is 13.2 Å². The Labute approximate surface area is 93.1 Å². The second-order valence-corrected chi connectivity index (χ2v) is 4.58. The van der Waals surface area contributed by atoms with Crippen LogP contribution in [-0.4, -0.2) is 24.2 Å². The zero-order valence-corrected chi connectivity index (χ0v) is 9.51. The van der Waals surface area contributed by atoms with Crippen molar-refractivity contribution in [3.05, 3.63) is 21.9 Å². The van der Waals surface area contributed by atoms with Crippen LogP contribution in [0.5, 0.6) is 0 Å². The summed E-state index contributed by atoms with van der Waals surface area (Å²) in [5.41, 5.74) is 5.70. The fraction of sp³-hybridized carbons (Fsp3) is 0.500. The van der Waals surface area contributed by atoms with Crippen LogP contribution in [0.25, 0.3) is 0 Å². The molecule has 0 fully saturated rings. The van der Waals surface area contributed by atoms with Crippen molar-refractivity contribution < 1.29 is 9.90 Å². The normalized spacial score (nSPS) is 12.7. The number of rotatable bonds is 6. The van der Waals surface area contributed by atoms with Crippen LogP contribution in [0, 0.1) is 5.92 Å². The highest BCUT2D eigenvalue weighted by molar-refractivity contribution is 7.10. The number of nitrogens with two attached hydrogens (primary N) is 1. The van der Waals surface area contributed by atoms with E-state index in [0.717, 1.165) is 11.4 Å². The minimum absolute atomic E-state index is 0.185. The van der Waals surface area contributed by atoms with Crippen molar-refractivity contribution in [1.82, 2.24) is 5.32 Å². The summed E-state index contributed by atoms with van der Waals surface area (Å²) in [5, 5.41) is 13.8. The van der Waals surface area contributed by atoms with Gasteiger partial charge in [-0.25, -0.2) is 0 Å². The van der Waals surface area contributed by atoms with E-state index in [1.165, 1.54) is 11.3 Å². The van der Waals surface area contributed by atoms with Crippen molar-refractivity contribution in [2.24, 2.45) is 11.7 Å². The van der Waals surface area contributed by atoms with Gasteiger partial charge in [-0.05, 0) is 12.0 Å². The highest BCUT2D eigenvalue weighted by atomic mass is 32.1. The summed E-state index contributed by atoms with van der Waals surface area (Å²) in [6.45, 7) is 3.63. The van der Waals surface area contributed by atoms with Crippen molar-refractivity contribution >= 4 is 17.2 Å². The van der Waals surface area contributed by atoms with Crippen LogP contribution in [0.4, 0.5) is 0 Å². The van der Waals surface area contributed by atoms with E-state index in [-0.39, 0.29) is 18.4 Å². The molecule has 0 aliphatic rings. The molecule has 1 aromatic rings. The topological polar surface area (TPSA) is 75.3 Å². The van der Waals surface area contributed by atoms with Gasteiger partial charge in [-0.1, -0.05) is 6.92 Å². The van der Waals surface area contributed by atoms with Gasteiger partial charge >= 0.3 is 0 Å². The zero-order chi connectivity index (χ0) is 11.3. The number of hydrogen-bond donors (Lipinski definition) is 3. The van der Waals surface area contributed by atoms with Crippen LogP contribution in [0.1, 0.15) is 22.2 Å². The number of aliphatic hydroxyl groups is 1. The third-order valence-corrected chi connectivity index (χ3v) is 2.98. The number of primary amides is 1. The summed E-state index contributed by atoms with van der Waals surface area (Å²) < 4.78 is 0. The van der Waals surface area contributed by atoms with Crippen molar-refractivity contribution in [2.45, 2.75) is 13.5 Å². The van der Waals surface area contributed by atoms with E-state index in [4.69, 9.17) is 10.8 Å². The molecule has 5 heteroatoms. The Kier molecular flexibility index (Phi) is 4.74. The number of carbonyl (C=O) groups is 1. The van der Waals surface area contributed by atoms with Gasteiger partial charge in [0.25, 0.3) is 0 Å². The first-order valence-electron chi connectivity index (χ1n) is 4.82. The molecular formula is C10H16N2O2S. The van der Waals surface area contributed by atoms with Gasteiger partial charge < -0.3 is 16.2 Å². The molecule has 0 spiro atoms. The molecule has 4 nitrogen and oxygen atoms in total. The van der Waals surface area contributed by atoms with Gasteiger partial charge in [-0.2, -0.15) is 0 Å². The van der Waals surface area contributed by atoms with Crippen LogP contribution in [-0.2, 0) is 6.54 Å². The second-order valence-electron chi connectivity index (χ2n) is 3.58. The van der Waals surface area contributed by atoms with E-state index < -0.39 is 0 Å². The summed E-state index contributed by atoms with van der Waals surface area (Å²) in [6.07, 6.45) is 0. The van der Waals surface area contributed by atoms with Crippen molar-refractivity contribution in [1.29, 1.82) is 0 Å². The minimum atomic E-state index is -0.388. The molecule has 0 saturated carbocycles. The molecule has 0 aliphatic heterocycles. The number of carbonyl (C=O) groups excluding carboxylic acids is 1. The summed E-state index contributed by atoms with van der Waals surface area (Å²) in [7, 11) is 0. The summed E-state index contributed by atoms with van der Waals surface area (Å²) in [4.78, 5) is 11.9. The van der Waals surface area contributed by atoms with E-state index in [1.807, 2.05) is 6.92 Å². The molecule has 15 heavy (non-hydrogen) atoms. The fourth-order valence-electron chi connectivity index (χ4n) is 1.11. The molecule has 1 atom stereocenters. The minimum Gasteiger partial charge on any atom is -0.396 e. The van der Waals surface area contributed by atoms with Crippen LogP contribution >= 0.6 is 11.3 Å². The maximum Gasteiger partial charge on any atom is 0.249 e. The quantitative estimate of drug-likeness (QED) is 0.666. The summed E-state index contributed by atoms with van der Waals surface area (Å²) in [5.74, 6) is -0.137. The molecule has 0 saturated heterocycles. The Morgan fingerprint density at radius 2 is 2.47 bits per heavy atom. The third kappa shape index (κ3) is 3.99. The number of amides is 1. The predicted octanol–water partition coefficient (Wildman–Crippen LogP) is 0.565. The molecule has 0 bridgehead atoms. The standard InChI is InChI=1S/C10H16N2O2S/c1-7(5-13)3-12-4-9-2-8(6-15-9)10(11)14/h2,6-7,12-13H,3-5H2,1H3,(H2,11,14). The van der Waals surface area contributed by atoms with Crippen molar-refractivity contribution in [3.8, 4) is 0 Å². The lowest BCUT2D eigenvalue weighted by atomic mass is 10.2. The molecule has 0 aliphatic carbocycles. The first-order valence-corrected chi connectivity index (χ1v) is 5.70. The van der Waals surface area contributed by atoms with Crippen molar-refractivity contribution in [3.63, 3.8) is 0 Å². The average Bonchev–Trinajstić information content (AvgIpc) is 2.66. The highest BCUT2D eigenvalue weighted by Crippen LogP contribution is 2.13. The van der Waals surface area contributed by atoms with Gasteiger partial charge in [0.05, 0.1) is 5.56 Å². The van der Waals surface area contributed by atoms with E-state index in [9.17, 15) is 4.79 Å². The molecular weight excluding hydrogens is 212 g/mol. The molecule has 1 aromatic heterocycles. The first kappa shape index (κ1) is 12.2. The highest BCUT2D eigenvalue weighted by Gasteiger charge is 2.05. The zero-order valence-electron chi connectivity index (χ0n) is 8.69. The number of nitrogens with one attached hydrogen (secondary N) is 1. The molecule has 0 aromatic carbocycles. The molecule has 4 N–H and O–H groups in total. The Bertz CT molecular complexity index is 325. The summed E-state index contributed by atoms with van der Waals surface area (Å²) >= 11 is 1.51. The van der Waals surface area contributed by atoms with E-state index in [0.29, 0.717) is 12.1 Å². The fourth-order valence-corrected chi connectivity index (χ4v) is 1.95. The van der Waals surface area contributed by atoms with Crippen LogP contribution in [0.15, 0.2) is 11.4 Å². The average molecular weight is 228 g/mol. The largest absolute Gasteiger partial charge is 0.396 e. The molecule has 1 amide bonds. The van der Waals surface area contributed by atoms with Gasteiger partial charge in [-0.3, -0.25) is 4.79 Å². The van der Waals surface area contributed by atoms with Gasteiger partial charge in [0.2, 0.25) is 5.91 Å². The number of aliphatic hydroxyl groups excluding tert-OH is 1. The van der Waals surface area contributed by atoms with Gasteiger partial charge in [0.1, 0.15) is 0 Å². The van der Waals surface area contributed by atoms with Crippen LogP contribution < -0.4 is 11.1 Å². The maximum atomic E-state index is 10.8. The molecule has 1 heterocycles. The molecule has 0 radical (unpaired) electrons. The molecule has 84 valence electrons. The maximum absolute atomic E-state index is 10.8. The lowest BCUT2D eigenvalue weighted by Crippen LogP contribution is -2.22. The van der Waals surface area contributed by atoms with E-state index in [1.54, 1.807) is 11.4 Å². The predicted molar refractivity (Wildman–Crippen MR) is 60.8 cm³/mol. The smallest absolute Gasteiger partial charge is 0.249 e. The molecule has 1 rings (SSSR count). The van der Waals surface area contributed by atoms with E-state index in [2.05, 4.69) is 5.32 Å². The Hall–Kier alpha value is -0.910. The Morgan fingerprint density at radius 3 is 3.00 bits per heavy atom. The van der Waals surface area contributed by atoms with Gasteiger partial charge in [-0.15, -0.1) is 11.3 Å². The Morgan fingerprint density at radius 1 is 1.73 bits per heavy atom. The SMILES string of the molecule is CC(CO)CNCc1cc(C(N)=O)cs1. The van der Waals surface area contributed by atoms with Crippen LogP contribution in [0.2, 0.25) is 0 Å². The lowest BCUT2D eigenvalue weighted by Gasteiger charge is -2.07. The second kappa shape index (κ2) is 5.85. The monoisotopic (exact) mass is 228 g/mol. The van der Waals surface area contributed by atoms with Gasteiger partial charge in [0.15, 0.2) is 0 Å². The number of thiophene rings is 1. The third-order valence-electron chi connectivity index (χ3n) is 2.04. The van der Waals surface area contributed by atoms with E-state index >= 15 is 0 Å². The summed E-state index contributed by atoms with van der Waals surface area (Å²) in [6, 6.07) is 1.80. The lowest BCUT2D eigenvalue weighted by molar-refractivity contribution is 0.100. The number of hydrogen-bond acceptors (Lipinski definition) is 4.